The smallest absolute Gasteiger partial charge is 0.248 e. The molecule has 4 nitrogen and oxygen atoms in total. The summed E-state index contributed by atoms with van der Waals surface area (Å²) in [6.45, 7) is 6.43. The molecule has 0 saturated heterocycles. The summed E-state index contributed by atoms with van der Waals surface area (Å²) in [5.41, 5.74) is 6.72. The number of carbonyl (C=O) groups is 1. The Morgan fingerprint density at radius 1 is 1.44 bits per heavy atom. The van der Waals surface area contributed by atoms with Crippen LogP contribution in [0.5, 0.6) is 0 Å². The van der Waals surface area contributed by atoms with Crippen molar-refractivity contribution in [3.8, 4) is 0 Å². The van der Waals surface area contributed by atoms with Gasteiger partial charge in [-0.15, -0.1) is 0 Å². The highest BCUT2D eigenvalue weighted by atomic mass is 16.5. The van der Waals surface area contributed by atoms with Crippen molar-refractivity contribution in [3.05, 3.63) is 35.4 Å². The van der Waals surface area contributed by atoms with Crippen LogP contribution in [0.1, 0.15) is 36.2 Å². The lowest BCUT2D eigenvalue weighted by atomic mass is 10.1. The highest BCUT2D eigenvalue weighted by Gasteiger charge is 2.01. The molecule has 4 heteroatoms. The Bertz CT molecular complexity index is 378. The molecule has 0 bridgehead atoms. The largest absolute Gasteiger partial charge is 0.377 e. The van der Waals surface area contributed by atoms with Crippen molar-refractivity contribution >= 4 is 5.91 Å². The van der Waals surface area contributed by atoms with E-state index in [0.717, 1.165) is 18.5 Å². The van der Waals surface area contributed by atoms with E-state index in [-0.39, 0.29) is 0 Å². The van der Waals surface area contributed by atoms with Crippen LogP contribution in [-0.2, 0) is 11.3 Å². The molecule has 1 amide bonds. The van der Waals surface area contributed by atoms with Crippen LogP contribution in [0.15, 0.2) is 24.3 Å². The minimum atomic E-state index is -0.405. The molecule has 0 spiro atoms. The van der Waals surface area contributed by atoms with Crippen LogP contribution in [0.25, 0.3) is 0 Å². The number of nitrogens with one attached hydrogen (secondary N) is 1. The fraction of sp³-hybridized carbons (Fsp3) is 0.500. The molecule has 0 atom stereocenters. The molecular formula is C14H22N2O2. The first-order valence-electron chi connectivity index (χ1n) is 6.29. The molecule has 0 unspecified atom stereocenters. The van der Waals surface area contributed by atoms with Crippen LogP contribution in [0.4, 0.5) is 0 Å². The maximum atomic E-state index is 11.0. The summed E-state index contributed by atoms with van der Waals surface area (Å²) in [5, 5.41) is 3.33. The third kappa shape index (κ3) is 5.80. The van der Waals surface area contributed by atoms with Crippen molar-refractivity contribution < 1.29 is 9.53 Å². The van der Waals surface area contributed by atoms with E-state index in [4.69, 9.17) is 10.5 Å². The summed E-state index contributed by atoms with van der Waals surface area (Å²) in [4.78, 5) is 11.0. The molecule has 18 heavy (non-hydrogen) atoms. The summed E-state index contributed by atoms with van der Waals surface area (Å²) in [7, 11) is 0. The van der Waals surface area contributed by atoms with Gasteiger partial charge in [0.15, 0.2) is 0 Å². The topological polar surface area (TPSA) is 64.3 Å². The van der Waals surface area contributed by atoms with E-state index in [1.165, 1.54) is 0 Å². The zero-order chi connectivity index (χ0) is 13.4. The third-order valence-corrected chi connectivity index (χ3v) is 2.50. The van der Waals surface area contributed by atoms with Crippen LogP contribution in [-0.4, -0.2) is 25.1 Å². The number of hydrogen-bond acceptors (Lipinski definition) is 3. The molecule has 1 rings (SSSR count). The number of primary amides is 1. The van der Waals surface area contributed by atoms with E-state index in [1.807, 2.05) is 12.1 Å². The summed E-state index contributed by atoms with van der Waals surface area (Å²) in [6.07, 6.45) is 0.980. The van der Waals surface area contributed by atoms with Gasteiger partial charge in [-0.25, -0.2) is 0 Å². The Hall–Kier alpha value is -1.39. The number of carbonyl (C=O) groups excluding carboxylic acids is 1. The first-order chi connectivity index (χ1) is 8.59. The zero-order valence-corrected chi connectivity index (χ0v) is 11.1. The number of hydrogen-bond donors (Lipinski definition) is 2. The Balaban J connectivity index is 2.23. The standard InChI is InChI=1S/C14H22N2O2/c1-11(2)16-7-4-8-18-10-12-5-3-6-13(9-12)14(15)17/h3,5-6,9,11,16H,4,7-8,10H2,1-2H3,(H2,15,17). The van der Waals surface area contributed by atoms with Crippen molar-refractivity contribution in [1.82, 2.24) is 5.32 Å². The maximum Gasteiger partial charge on any atom is 0.248 e. The summed E-state index contributed by atoms with van der Waals surface area (Å²) < 4.78 is 5.54. The summed E-state index contributed by atoms with van der Waals surface area (Å²) in [5.74, 6) is -0.405. The lowest BCUT2D eigenvalue weighted by Crippen LogP contribution is -2.24. The van der Waals surface area contributed by atoms with E-state index >= 15 is 0 Å². The molecule has 0 saturated carbocycles. The SMILES string of the molecule is CC(C)NCCCOCc1cccc(C(N)=O)c1. The second kappa shape index (κ2) is 7.84. The molecule has 100 valence electrons. The molecule has 0 aromatic heterocycles. The Morgan fingerprint density at radius 2 is 2.22 bits per heavy atom. The predicted molar refractivity (Wildman–Crippen MR) is 72.4 cm³/mol. The minimum Gasteiger partial charge on any atom is -0.377 e. The molecule has 0 aliphatic rings. The normalized spacial score (nSPS) is 10.8. The van der Waals surface area contributed by atoms with Gasteiger partial charge in [0.05, 0.1) is 6.61 Å². The van der Waals surface area contributed by atoms with Crippen LogP contribution >= 0.6 is 0 Å². The molecule has 1 aromatic rings. The van der Waals surface area contributed by atoms with Crippen LogP contribution in [0.2, 0.25) is 0 Å². The van der Waals surface area contributed by atoms with Gasteiger partial charge in [0.1, 0.15) is 0 Å². The average molecular weight is 250 g/mol. The maximum absolute atomic E-state index is 11.0. The van der Waals surface area contributed by atoms with E-state index in [9.17, 15) is 4.79 Å². The van der Waals surface area contributed by atoms with Gasteiger partial charge in [-0.05, 0) is 30.7 Å². The monoisotopic (exact) mass is 250 g/mol. The second-order valence-electron chi connectivity index (χ2n) is 4.58. The predicted octanol–water partition coefficient (Wildman–Crippen LogP) is 1.69. The number of ether oxygens (including phenoxy) is 1. The second-order valence-corrected chi connectivity index (χ2v) is 4.58. The van der Waals surface area contributed by atoms with Crippen molar-refractivity contribution in [3.63, 3.8) is 0 Å². The fourth-order valence-electron chi connectivity index (χ4n) is 1.57. The fourth-order valence-corrected chi connectivity index (χ4v) is 1.57. The van der Waals surface area contributed by atoms with Gasteiger partial charge in [0.2, 0.25) is 5.91 Å². The molecular weight excluding hydrogens is 228 g/mol. The van der Waals surface area contributed by atoms with Crippen LogP contribution in [0.3, 0.4) is 0 Å². The van der Waals surface area contributed by atoms with E-state index in [0.29, 0.717) is 24.8 Å². The zero-order valence-electron chi connectivity index (χ0n) is 11.1. The minimum absolute atomic E-state index is 0.405. The van der Waals surface area contributed by atoms with Gasteiger partial charge in [-0.1, -0.05) is 26.0 Å². The number of amides is 1. The molecule has 0 aliphatic heterocycles. The Labute approximate surface area is 109 Å². The average Bonchev–Trinajstić information content (AvgIpc) is 2.33. The molecule has 0 aliphatic carbocycles. The van der Waals surface area contributed by atoms with Gasteiger partial charge in [0, 0.05) is 18.2 Å². The van der Waals surface area contributed by atoms with Gasteiger partial charge >= 0.3 is 0 Å². The van der Waals surface area contributed by atoms with Crippen molar-refractivity contribution in [2.24, 2.45) is 5.73 Å². The first kappa shape index (κ1) is 14.7. The lowest BCUT2D eigenvalue weighted by Gasteiger charge is -2.08. The van der Waals surface area contributed by atoms with Crippen LogP contribution in [0, 0.1) is 0 Å². The van der Waals surface area contributed by atoms with Crippen molar-refractivity contribution in [1.29, 1.82) is 0 Å². The summed E-state index contributed by atoms with van der Waals surface area (Å²) in [6, 6.07) is 7.74. The van der Waals surface area contributed by atoms with E-state index in [2.05, 4.69) is 19.2 Å². The highest BCUT2D eigenvalue weighted by molar-refractivity contribution is 5.92. The molecule has 0 fully saturated rings. The van der Waals surface area contributed by atoms with Gasteiger partial charge < -0.3 is 15.8 Å². The van der Waals surface area contributed by atoms with Crippen molar-refractivity contribution in [2.45, 2.75) is 32.9 Å². The molecule has 0 heterocycles. The third-order valence-electron chi connectivity index (χ3n) is 2.50. The number of nitrogens with two attached hydrogens (primary N) is 1. The van der Waals surface area contributed by atoms with Crippen LogP contribution < -0.4 is 11.1 Å². The first-order valence-corrected chi connectivity index (χ1v) is 6.29. The number of rotatable bonds is 8. The van der Waals surface area contributed by atoms with Gasteiger partial charge in [-0.2, -0.15) is 0 Å². The number of benzene rings is 1. The molecule has 0 radical (unpaired) electrons. The van der Waals surface area contributed by atoms with Gasteiger partial charge in [-0.3, -0.25) is 4.79 Å². The lowest BCUT2D eigenvalue weighted by molar-refractivity contribution is 0.0999. The molecule has 3 N–H and O–H groups in total. The van der Waals surface area contributed by atoms with Gasteiger partial charge in [0.25, 0.3) is 0 Å². The Kier molecular flexibility index (Phi) is 6.39. The molecule has 1 aromatic carbocycles. The quantitative estimate of drug-likeness (QED) is 0.690. The Morgan fingerprint density at radius 3 is 2.89 bits per heavy atom. The highest BCUT2D eigenvalue weighted by Crippen LogP contribution is 2.06. The van der Waals surface area contributed by atoms with Crippen molar-refractivity contribution in [2.75, 3.05) is 13.2 Å². The van der Waals surface area contributed by atoms with E-state index in [1.54, 1.807) is 12.1 Å². The van der Waals surface area contributed by atoms with E-state index < -0.39 is 5.91 Å². The summed E-state index contributed by atoms with van der Waals surface area (Å²) >= 11 is 0.